The first-order valence-electron chi connectivity index (χ1n) is 8.23. The number of sulfonamides is 1. The summed E-state index contributed by atoms with van der Waals surface area (Å²) in [4.78, 5) is 4.57. The Morgan fingerprint density at radius 2 is 1.58 bits per heavy atom. The SMILES string of the molecule is Cc1ccc(NS(=O)(=O)c2ccc(N=Cc3ccccc3)cc2)c(C)c1. The van der Waals surface area contributed by atoms with Gasteiger partial charge in [0.25, 0.3) is 10.0 Å². The third kappa shape index (κ3) is 4.37. The number of rotatable bonds is 5. The van der Waals surface area contributed by atoms with E-state index in [9.17, 15) is 8.42 Å². The summed E-state index contributed by atoms with van der Waals surface area (Å²) in [5, 5.41) is 0. The Bertz CT molecular complexity index is 1030. The Balaban J connectivity index is 1.77. The van der Waals surface area contributed by atoms with Crippen molar-refractivity contribution in [3.63, 3.8) is 0 Å². The number of hydrogen-bond donors (Lipinski definition) is 1. The maximum Gasteiger partial charge on any atom is 0.261 e. The smallest absolute Gasteiger partial charge is 0.261 e. The maximum atomic E-state index is 12.6. The molecular formula is C21H20N2O2S. The summed E-state index contributed by atoms with van der Waals surface area (Å²) in [6, 6.07) is 21.8. The van der Waals surface area contributed by atoms with E-state index in [2.05, 4.69) is 9.71 Å². The summed E-state index contributed by atoms with van der Waals surface area (Å²) < 4.78 is 27.8. The number of anilines is 1. The molecule has 4 nitrogen and oxygen atoms in total. The molecule has 0 saturated heterocycles. The molecule has 0 bridgehead atoms. The molecule has 0 unspecified atom stereocenters. The highest BCUT2D eigenvalue weighted by atomic mass is 32.2. The van der Waals surface area contributed by atoms with Crippen molar-refractivity contribution in [3.8, 4) is 0 Å². The van der Waals surface area contributed by atoms with Crippen molar-refractivity contribution in [2.24, 2.45) is 4.99 Å². The lowest BCUT2D eigenvalue weighted by molar-refractivity contribution is 0.601. The van der Waals surface area contributed by atoms with Gasteiger partial charge in [0.2, 0.25) is 0 Å². The van der Waals surface area contributed by atoms with Crippen LogP contribution in [0.25, 0.3) is 0 Å². The largest absolute Gasteiger partial charge is 0.279 e. The number of hydrogen-bond acceptors (Lipinski definition) is 3. The van der Waals surface area contributed by atoms with Crippen molar-refractivity contribution in [1.82, 2.24) is 0 Å². The van der Waals surface area contributed by atoms with E-state index in [1.807, 2.05) is 56.3 Å². The van der Waals surface area contributed by atoms with Crippen molar-refractivity contribution in [1.29, 1.82) is 0 Å². The zero-order valence-electron chi connectivity index (χ0n) is 14.7. The van der Waals surface area contributed by atoms with Gasteiger partial charge < -0.3 is 0 Å². The molecule has 1 N–H and O–H groups in total. The van der Waals surface area contributed by atoms with E-state index >= 15 is 0 Å². The Morgan fingerprint density at radius 3 is 2.23 bits per heavy atom. The Labute approximate surface area is 154 Å². The topological polar surface area (TPSA) is 58.5 Å². The zero-order chi connectivity index (χ0) is 18.6. The third-order valence-electron chi connectivity index (χ3n) is 3.94. The van der Waals surface area contributed by atoms with Crippen LogP contribution in [0.4, 0.5) is 11.4 Å². The van der Waals surface area contributed by atoms with Crippen LogP contribution in [-0.2, 0) is 10.0 Å². The van der Waals surface area contributed by atoms with Crippen LogP contribution in [0.3, 0.4) is 0 Å². The van der Waals surface area contributed by atoms with Crippen molar-refractivity contribution in [3.05, 3.63) is 89.5 Å². The van der Waals surface area contributed by atoms with E-state index in [1.165, 1.54) is 0 Å². The van der Waals surface area contributed by atoms with Crippen LogP contribution >= 0.6 is 0 Å². The molecule has 0 aliphatic carbocycles. The van der Waals surface area contributed by atoms with Gasteiger partial charge in [0, 0.05) is 6.21 Å². The fraction of sp³-hybridized carbons (Fsp3) is 0.0952. The van der Waals surface area contributed by atoms with Gasteiger partial charge in [-0.25, -0.2) is 8.42 Å². The lowest BCUT2D eigenvalue weighted by atomic mass is 10.1. The van der Waals surface area contributed by atoms with Gasteiger partial charge in [-0.2, -0.15) is 0 Å². The summed E-state index contributed by atoms with van der Waals surface area (Å²) in [6.45, 7) is 3.85. The normalized spacial score (nSPS) is 11.6. The predicted molar refractivity (Wildman–Crippen MR) is 107 cm³/mol. The quantitative estimate of drug-likeness (QED) is 0.658. The van der Waals surface area contributed by atoms with Crippen LogP contribution in [0.1, 0.15) is 16.7 Å². The average Bonchev–Trinajstić information content (AvgIpc) is 2.63. The Hall–Kier alpha value is -2.92. The van der Waals surface area contributed by atoms with Gasteiger partial charge in [0.15, 0.2) is 0 Å². The van der Waals surface area contributed by atoms with Gasteiger partial charge in [-0.3, -0.25) is 9.71 Å². The van der Waals surface area contributed by atoms with E-state index in [4.69, 9.17) is 0 Å². The second-order valence-electron chi connectivity index (χ2n) is 6.09. The lowest BCUT2D eigenvalue weighted by Crippen LogP contribution is -2.13. The van der Waals surface area contributed by atoms with Gasteiger partial charge in [-0.1, -0.05) is 48.0 Å². The number of nitrogens with one attached hydrogen (secondary N) is 1. The van der Waals surface area contributed by atoms with Gasteiger partial charge in [0.05, 0.1) is 16.3 Å². The molecule has 0 fully saturated rings. The number of aliphatic imine (C=N–C) groups is 1. The molecule has 0 atom stereocenters. The summed E-state index contributed by atoms with van der Waals surface area (Å²) in [5.41, 5.74) is 4.24. The van der Waals surface area contributed by atoms with Gasteiger partial charge in [-0.05, 0) is 55.3 Å². The van der Waals surface area contributed by atoms with Crippen LogP contribution in [0.15, 0.2) is 82.7 Å². The fourth-order valence-corrected chi connectivity index (χ4v) is 3.66. The number of nitrogens with zero attached hydrogens (tertiary/aromatic N) is 1. The van der Waals surface area contributed by atoms with Gasteiger partial charge >= 0.3 is 0 Å². The maximum absolute atomic E-state index is 12.6. The first-order valence-corrected chi connectivity index (χ1v) is 9.72. The van der Waals surface area contributed by atoms with E-state index < -0.39 is 10.0 Å². The van der Waals surface area contributed by atoms with E-state index in [0.29, 0.717) is 11.4 Å². The highest BCUT2D eigenvalue weighted by Crippen LogP contribution is 2.22. The highest BCUT2D eigenvalue weighted by molar-refractivity contribution is 7.92. The van der Waals surface area contributed by atoms with Crippen LogP contribution in [0.5, 0.6) is 0 Å². The molecular weight excluding hydrogens is 344 g/mol. The minimum absolute atomic E-state index is 0.205. The summed E-state index contributed by atoms with van der Waals surface area (Å²) in [7, 11) is -3.63. The molecule has 0 radical (unpaired) electrons. The molecule has 0 saturated carbocycles. The Kier molecular flexibility index (Phi) is 5.19. The summed E-state index contributed by atoms with van der Waals surface area (Å²) >= 11 is 0. The standard InChI is InChI=1S/C21H20N2O2S/c1-16-8-13-21(17(2)14-16)23-26(24,25)20-11-9-19(10-12-20)22-15-18-6-4-3-5-7-18/h3-15,23H,1-2H3. The van der Waals surface area contributed by atoms with Crippen molar-refractivity contribution < 1.29 is 8.42 Å². The molecule has 26 heavy (non-hydrogen) atoms. The molecule has 3 aromatic rings. The molecule has 0 amide bonds. The van der Waals surface area contributed by atoms with Gasteiger partial charge in [0.1, 0.15) is 0 Å². The molecule has 132 valence electrons. The second kappa shape index (κ2) is 7.54. The molecule has 0 aromatic heterocycles. The molecule has 0 spiro atoms. The average molecular weight is 364 g/mol. The summed E-state index contributed by atoms with van der Waals surface area (Å²) in [6.07, 6.45) is 1.75. The first kappa shape index (κ1) is 17.9. The van der Waals surface area contributed by atoms with Crippen LogP contribution in [0.2, 0.25) is 0 Å². The molecule has 0 aliphatic rings. The molecule has 5 heteroatoms. The van der Waals surface area contributed by atoms with Crippen LogP contribution in [-0.4, -0.2) is 14.6 Å². The van der Waals surface area contributed by atoms with E-state index in [-0.39, 0.29) is 4.90 Å². The van der Waals surface area contributed by atoms with Crippen molar-refractivity contribution in [2.75, 3.05) is 4.72 Å². The monoisotopic (exact) mass is 364 g/mol. The van der Waals surface area contributed by atoms with E-state index in [0.717, 1.165) is 16.7 Å². The minimum atomic E-state index is -3.63. The third-order valence-corrected chi connectivity index (χ3v) is 5.32. The highest BCUT2D eigenvalue weighted by Gasteiger charge is 2.15. The number of benzene rings is 3. The van der Waals surface area contributed by atoms with Crippen LogP contribution < -0.4 is 4.72 Å². The predicted octanol–water partition coefficient (Wildman–Crippen LogP) is 4.85. The molecule has 0 heterocycles. The van der Waals surface area contributed by atoms with Gasteiger partial charge in [-0.15, -0.1) is 0 Å². The van der Waals surface area contributed by atoms with E-state index in [1.54, 1.807) is 36.5 Å². The Morgan fingerprint density at radius 1 is 0.885 bits per heavy atom. The lowest BCUT2D eigenvalue weighted by Gasteiger charge is -2.11. The van der Waals surface area contributed by atoms with Crippen molar-refractivity contribution in [2.45, 2.75) is 18.7 Å². The van der Waals surface area contributed by atoms with Crippen molar-refractivity contribution >= 4 is 27.6 Å². The molecule has 3 rings (SSSR count). The molecule has 0 aliphatic heterocycles. The first-order chi connectivity index (χ1) is 12.4. The fourth-order valence-electron chi connectivity index (χ4n) is 2.53. The molecule has 3 aromatic carbocycles. The second-order valence-corrected chi connectivity index (χ2v) is 7.77. The summed E-state index contributed by atoms with van der Waals surface area (Å²) in [5.74, 6) is 0. The minimum Gasteiger partial charge on any atom is -0.279 e. The zero-order valence-corrected chi connectivity index (χ0v) is 15.5. The number of aryl methyl sites for hydroxylation is 2. The van der Waals surface area contributed by atoms with Crippen LogP contribution in [0, 0.1) is 13.8 Å².